The van der Waals surface area contributed by atoms with Crippen LogP contribution in [-0.2, 0) is 14.3 Å². The van der Waals surface area contributed by atoms with Crippen LogP contribution in [0.25, 0.3) is 0 Å². The predicted molar refractivity (Wildman–Crippen MR) is 47.2 cm³/mol. The van der Waals surface area contributed by atoms with Crippen LogP contribution in [0.5, 0.6) is 0 Å². The number of esters is 1. The third-order valence-corrected chi connectivity index (χ3v) is 2.85. The van der Waals surface area contributed by atoms with Gasteiger partial charge in [0.2, 0.25) is 0 Å². The summed E-state index contributed by atoms with van der Waals surface area (Å²) in [5.74, 6) is -0.353. The van der Waals surface area contributed by atoms with Gasteiger partial charge in [-0.1, -0.05) is 19.4 Å². The van der Waals surface area contributed by atoms with E-state index in [1.807, 2.05) is 0 Å². The van der Waals surface area contributed by atoms with Crippen molar-refractivity contribution in [3.63, 3.8) is 0 Å². The first-order valence-electron chi connectivity index (χ1n) is 4.74. The molecule has 0 N–H and O–H groups in total. The minimum Gasteiger partial charge on any atom is -0.459 e. The van der Waals surface area contributed by atoms with Crippen LogP contribution in [0, 0.1) is 0 Å². The number of carbonyl (C=O) groups is 1. The fraction of sp³-hybridized carbons (Fsp3) is 0.700. The van der Waals surface area contributed by atoms with Crippen LogP contribution < -0.4 is 0 Å². The van der Waals surface area contributed by atoms with E-state index < -0.39 is 0 Å². The molecule has 1 saturated carbocycles. The summed E-state index contributed by atoms with van der Waals surface area (Å²) >= 11 is 0. The number of carbonyl (C=O) groups excluding carboxylic acids is 1. The van der Waals surface area contributed by atoms with E-state index in [0.717, 1.165) is 12.8 Å². The Bertz CT molecular complexity index is 236. The summed E-state index contributed by atoms with van der Waals surface area (Å²) in [5.41, 5.74) is -0.114. The largest absolute Gasteiger partial charge is 0.459 e. The van der Waals surface area contributed by atoms with Crippen LogP contribution in [0.3, 0.4) is 0 Å². The molecule has 72 valence electrons. The zero-order valence-corrected chi connectivity index (χ0v) is 7.62. The van der Waals surface area contributed by atoms with Crippen LogP contribution in [0.4, 0.5) is 0 Å². The molecular weight excluding hydrogens is 168 g/mol. The highest BCUT2D eigenvalue weighted by molar-refractivity contribution is 5.81. The third-order valence-electron chi connectivity index (χ3n) is 2.85. The zero-order chi connectivity index (χ0) is 9.31. The maximum Gasteiger partial charge on any atom is 0.330 e. The van der Waals surface area contributed by atoms with E-state index in [9.17, 15) is 4.79 Å². The molecule has 0 bridgehead atoms. The molecule has 0 aromatic rings. The highest BCUT2D eigenvalue weighted by atomic mass is 16.6. The second kappa shape index (κ2) is 3.14. The van der Waals surface area contributed by atoms with Gasteiger partial charge in [0.25, 0.3) is 0 Å². The van der Waals surface area contributed by atoms with Crippen molar-refractivity contribution in [2.24, 2.45) is 0 Å². The minimum atomic E-state index is -0.353. The molecule has 3 nitrogen and oxygen atoms in total. The number of hydrogen-bond acceptors (Lipinski definition) is 3. The lowest BCUT2D eigenvalue weighted by atomic mass is 9.90. The van der Waals surface area contributed by atoms with Crippen molar-refractivity contribution in [2.45, 2.75) is 37.4 Å². The lowest BCUT2D eigenvalue weighted by Crippen LogP contribution is -2.26. The summed E-state index contributed by atoms with van der Waals surface area (Å²) in [5, 5.41) is 0. The van der Waals surface area contributed by atoms with E-state index in [1.165, 1.54) is 18.9 Å². The smallest absolute Gasteiger partial charge is 0.330 e. The van der Waals surface area contributed by atoms with Gasteiger partial charge < -0.3 is 9.47 Å². The molecule has 2 aliphatic rings. The molecule has 1 saturated heterocycles. The second-order valence-electron chi connectivity index (χ2n) is 3.73. The van der Waals surface area contributed by atoms with Crippen molar-refractivity contribution < 1.29 is 14.3 Å². The molecule has 3 heteroatoms. The lowest BCUT2D eigenvalue weighted by molar-refractivity contribution is -0.139. The Morgan fingerprint density at radius 2 is 2.54 bits per heavy atom. The molecular formula is C10H14O3. The summed E-state index contributed by atoms with van der Waals surface area (Å²) < 4.78 is 10.5. The Balaban J connectivity index is 1.82. The molecule has 13 heavy (non-hydrogen) atoms. The van der Waals surface area contributed by atoms with Gasteiger partial charge in [-0.2, -0.15) is 0 Å². The zero-order valence-electron chi connectivity index (χ0n) is 7.62. The molecule has 2 fully saturated rings. The van der Waals surface area contributed by atoms with Gasteiger partial charge in [0.15, 0.2) is 0 Å². The number of hydrogen-bond donors (Lipinski definition) is 0. The molecule has 2 atom stereocenters. The molecule has 0 amide bonds. The van der Waals surface area contributed by atoms with Crippen molar-refractivity contribution in [2.75, 3.05) is 6.61 Å². The SMILES string of the molecule is C=CC(=O)OCC12CCCCC1O2. The van der Waals surface area contributed by atoms with Crippen LogP contribution in [0.1, 0.15) is 25.7 Å². The number of epoxide rings is 1. The van der Waals surface area contributed by atoms with Crippen molar-refractivity contribution in [3.05, 3.63) is 12.7 Å². The Hall–Kier alpha value is -0.830. The molecule has 1 aliphatic heterocycles. The fourth-order valence-electron chi connectivity index (χ4n) is 2.00. The van der Waals surface area contributed by atoms with Gasteiger partial charge in [0.05, 0.1) is 6.10 Å². The molecule has 1 aliphatic carbocycles. The standard InChI is InChI=1S/C10H14O3/c1-2-9(11)12-7-10-6-4-3-5-8(10)13-10/h2,8H,1,3-7H2. The van der Waals surface area contributed by atoms with Gasteiger partial charge in [-0.15, -0.1) is 0 Å². The normalized spacial score (nSPS) is 36.2. The minimum absolute atomic E-state index is 0.114. The Morgan fingerprint density at radius 1 is 1.69 bits per heavy atom. The Labute approximate surface area is 77.7 Å². The van der Waals surface area contributed by atoms with Gasteiger partial charge in [-0.3, -0.25) is 0 Å². The van der Waals surface area contributed by atoms with Crippen LogP contribution in [0.15, 0.2) is 12.7 Å². The summed E-state index contributed by atoms with van der Waals surface area (Å²) in [6, 6.07) is 0. The first-order chi connectivity index (χ1) is 6.27. The fourth-order valence-corrected chi connectivity index (χ4v) is 2.00. The van der Waals surface area contributed by atoms with E-state index in [0.29, 0.717) is 12.7 Å². The van der Waals surface area contributed by atoms with Crippen molar-refractivity contribution in [1.29, 1.82) is 0 Å². The summed E-state index contributed by atoms with van der Waals surface area (Å²) in [6.07, 6.45) is 6.10. The Morgan fingerprint density at radius 3 is 3.23 bits per heavy atom. The maximum atomic E-state index is 10.8. The molecule has 0 spiro atoms. The summed E-state index contributed by atoms with van der Waals surface area (Å²) in [7, 11) is 0. The van der Waals surface area contributed by atoms with Gasteiger partial charge in [-0.25, -0.2) is 4.79 Å². The number of rotatable bonds is 3. The summed E-state index contributed by atoms with van der Waals surface area (Å²) in [4.78, 5) is 10.8. The molecule has 0 aromatic carbocycles. The quantitative estimate of drug-likeness (QED) is 0.376. The first-order valence-corrected chi connectivity index (χ1v) is 4.74. The highest BCUT2D eigenvalue weighted by Crippen LogP contribution is 2.47. The van der Waals surface area contributed by atoms with E-state index >= 15 is 0 Å². The van der Waals surface area contributed by atoms with Crippen LogP contribution >= 0.6 is 0 Å². The van der Waals surface area contributed by atoms with E-state index in [-0.39, 0.29) is 11.6 Å². The first kappa shape index (κ1) is 8.75. The number of fused-ring (bicyclic) bond motifs is 1. The van der Waals surface area contributed by atoms with Crippen molar-refractivity contribution in [1.82, 2.24) is 0 Å². The van der Waals surface area contributed by atoms with Crippen molar-refractivity contribution in [3.8, 4) is 0 Å². The molecule has 2 rings (SSSR count). The van der Waals surface area contributed by atoms with E-state index in [1.54, 1.807) is 0 Å². The topological polar surface area (TPSA) is 38.8 Å². The summed E-state index contributed by atoms with van der Waals surface area (Å²) in [6.45, 7) is 3.75. The van der Waals surface area contributed by atoms with E-state index in [2.05, 4.69) is 6.58 Å². The molecule has 1 heterocycles. The monoisotopic (exact) mass is 182 g/mol. The van der Waals surface area contributed by atoms with Gasteiger partial charge in [0.1, 0.15) is 12.2 Å². The lowest BCUT2D eigenvalue weighted by Gasteiger charge is -2.16. The van der Waals surface area contributed by atoms with Gasteiger partial charge in [0, 0.05) is 6.08 Å². The van der Waals surface area contributed by atoms with Gasteiger partial charge >= 0.3 is 5.97 Å². The Kier molecular flexibility index (Phi) is 2.12. The van der Waals surface area contributed by atoms with Crippen molar-refractivity contribution >= 4 is 5.97 Å². The van der Waals surface area contributed by atoms with E-state index in [4.69, 9.17) is 9.47 Å². The van der Waals surface area contributed by atoms with Crippen LogP contribution in [-0.4, -0.2) is 24.3 Å². The predicted octanol–water partition coefficient (Wildman–Crippen LogP) is 1.43. The number of ether oxygens (including phenoxy) is 2. The second-order valence-corrected chi connectivity index (χ2v) is 3.73. The van der Waals surface area contributed by atoms with Gasteiger partial charge in [-0.05, 0) is 12.8 Å². The molecule has 0 radical (unpaired) electrons. The van der Waals surface area contributed by atoms with Crippen LogP contribution in [0.2, 0.25) is 0 Å². The average Bonchev–Trinajstić information content (AvgIpc) is 2.89. The molecule has 2 unspecified atom stereocenters. The highest BCUT2D eigenvalue weighted by Gasteiger charge is 2.57. The average molecular weight is 182 g/mol. The maximum absolute atomic E-state index is 10.8. The third kappa shape index (κ3) is 1.61. The molecule has 0 aromatic heterocycles.